The van der Waals surface area contributed by atoms with Gasteiger partial charge >= 0.3 is 5.97 Å². The molecule has 2 aliphatic heterocycles. The fourth-order valence-electron chi connectivity index (χ4n) is 3.28. The zero-order valence-electron chi connectivity index (χ0n) is 13.2. The zero-order valence-corrected chi connectivity index (χ0v) is 13.2. The molecular formula is C17H20N2O5. The van der Waals surface area contributed by atoms with Crippen LogP contribution in [0.1, 0.15) is 24.8 Å². The minimum absolute atomic E-state index is 0.0193. The average Bonchev–Trinajstić information content (AvgIpc) is 3.18. The molecule has 24 heavy (non-hydrogen) atoms. The van der Waals surface area contributed by atoms with Crippen molar-refractivity contribution in [2.24, 2.45) is 5.92 Å². The molecule has 0 aliphatic carbocycles. The van der Waals surface area contributed by atoms with Crippen LogP contribution in [0.15, 0.2) is 24.3 Å². The number of amides is 2. The van der Waals surface area contributed by atoms with Gasteiger partial charge in [-0.15, -0.1) is 0 Å². The van der Waals surface area contributed by atoms with E-state index in [0.717, 1.165) is 24.8 Å². The summed E-state index contributed by atoms with van der Waals surface area (Å²) in [6.07, 6.45) is 3.17. The standard InChI is InChI=1S/C17H20N2O5/c20-15(18-9-16(21)22)7-10-1-3-11(4-2-10)19-17(23)13-8-12-5-6-14(13)24-12/h1-4,12-14H,5-9H2,(H,18,20)(H,19,23)(H,21,22). The number of benzene rings is 1. The number of hydrogen-bond donors (Lipinski definition) is 3. The van der Waals surface area contributed by atoms with E-state index in [1.165, 1.54) is 0 Å². The predicted molar refractivity (Wildman–Crippen MR) is 85.4 cm³/mol. The Morgan fingerprint density at radius 2 is 1.92 bits per heavy atom. The second-order valence-electron chi connectivity index (χ2n) is 6.25. The van der Waals surface area contributed by atoms with Crippen LogP contribution in [0.3, 0.4) is 0 Å². The number of hydrogen-bond acceptors (Lipinski definition) is 4. The second-order valence-corrected chi connectivity index (χ2v) is 6.25. The number of ether oxygens (including phenoxy) is 1. The van der Waals surface area contributed by atoms with Crippen molar-refractivity contribution in [3.05, 3.63) is 29.8 Å². The second kappa shape index (κ2) is 7.00. The maximum Gasteiger partial charge on any atom is 0.322 e. The quantitative estimate of drug-likeness (QED) is 0.719. The number of aliphatic carboxylic acids is 1. The maximum absolute atomic E-state index is 12.3. The van der Waals surface area contributed by atoms with E-state index in [1.807, 2.05) is 0 Å². The molecule has 1 aromatic rings. The topological polar surface area (TPSA) is 105 Å². The molecule has 0 saturated carbocycles. The molecule has 3 rings (SSSR count). The summed E-state index contributed by atoms with van der Waals surface area (Å²) in [6, 6.07) is 6.97. The van der Waals surface area contributed by atoms with Crippen molar-refractivity contribution in [1.29, 1.82) is 0 Å². The van der Waals surface area contributed by atoms with Gasteiger partial charge in [0, 0.05) is 5.69 Å². The highest BCUT2D eigenvalue weighted by molar-refractivity contribution is 5.93. The predicted octanol–water partition coefficient (Wildman–Crippen LogP) is 0.936. The highest BCUT2D eigenvalue weighted by Crippen LogP contribution is 2.39. The third-order valence-corrected chi connectivity index (χ3v) is 4.47. The monoisotopic (exact) mass is 332 g/mol. The number of carboxylic acids is 1. The molecule has 2 amide bonds. The van der Waals surface area contributed by atoms with Gasteiger partial charge in [-0.2, -0.15) is 0 Å². The van der Waals surface area contributed by atoms with E-state index in [9.17, 15) is 14.4 Å². The molecule has 2 heterocycles. The summed E-state index contributed by atoms with van der Waals surface area (Å²) < 4.78 is 5.70. The minimum atomic E-state index is -1.08. The number of anilines is 1. The number of fused-ring (bicyclic) bond motifs is 2. The van der Waals surface area contributed by atoms with Crippen LogP contribution in [0.5, 0.6) is 0 Å². The van der Waals surface area contributed by atoms with Crippen molar-refractivity contribution in [2.75, 3.05) is 11.9 Å². The Bertz CT molecular complexity index is 643. The number of carbonyl (C=O) groups excluding carboxylic acids is 2. The molecule has 128 valence electrons. The van der Waals surface area contributed by atoms with Gasteiger partial charge in [0.1, 0.15) is 6.54 Å². The van der Waals surface area contributed by atoms with Crippen LogP contribution in [0.25, 0.3) is 0 Å². The summed E-state index contributed by atoms with van der Waals surface area (Å²) in [4.78, 5) is 34.3. The average molecular weight is 332 g/mol. The Labute approximate surface area is 139 Å². The lowest BCUT2D eigenvalue weighted by Crippen LogP contribution is -2.30. The highest BCUT2D eigenvalue weighted by Gasteiger charge is 2.44. The van der Waals surface area contributed by atoms with E-state index in [4.69, 9.17) is 9.84 Å². The van der Waals surface area contributed by atoms with Gasteiger partial charge in [-0.05, 0) is 37.0 Å². The fourth-order valence-corrected chi connectivity index (χ4v) is 3.28. The molecular weight excluding hydrogens is 312 g/mol. The Morgan fingerprint density at radius 3 is 2.50 bits per heavy atom. The Morgan fingerprint density at radius 1 is 1.17 bits per heavy atom. The van der Waals surface area contributed by atoms with Gasteiger partial charge in [0.15, 0.2) is 0 Å². The molecule has 2 bridgehead atoms. The molecule has 0 radical (unpaired) electrons. The third kappa shape index (κ3) is 3.91. The van der Waals surface area contributed by atoms with Crippen molar-refractivity contribution in [3.8, 4) is 0 Å². The van der Waals surface area contributed by atoms with Gasteiger partial charge in [-0.3, -0.25) is 14.4 Å². The lowest BCUT2D eigenvalue weighted by atomic mass is 9.88. The fraction of sp³-hybridized carbons (Fsp3) is 0.471. The molecule has 0 aromatic heterocycles. The minimum Gasteiger partial charge on any atom is -0.480 e. The van der Waals surface area contributed by atoms with Gasteiger partial charge in [0.05, 0.1) is 24.5 Å². The Balaban J connectivity index is 1.50. The van der Waals surface area contributed by atoms with Gasteiger partial charge in [-0.1, -0.05) is 12.1 Å². The van der Waals surface area contributed by atoms with E-state index < -0.39 is 12.5 Å². The molecule has 7 nitrogen and oxygen atoms in total. The molecule has 2 saturated heterocycles. The van der Waals surface area contributed by atoms with E-state index >= 15 is 0 Å². The molecule has 2 aliphatic rings. The first-order valence-electron chi connectivity index (χ1n) is 8.05. The van der Waals surface area contributed by atoms with Crippen LogP contribution in [0, 0.1) is 5.92 Å². The van der Waals surface area contributed by atoms with E-state index in [0.29, 0.717) is 5.69 Å². The van der Waals surface area contributed by atoms with Crippen molar-refractivity contribution >= 4 is 23.5 Å². The lowest BCUT2D eigenvalue weighted by molar-refractivity contribution is -0.137. The number of carbonyl (C=O) groups is 3. The number of nitrogens with one attached hydrogen (secondary N) is 2. The highest BCUT2D eigenvalue weighted by atomic mass is 16.5. The summed E-state index contributed by atoms with van der Waals surface area (Å²) in [6.45, 7) is -0.390. The number of rotatable bonds is 6. The summed E-state index contributed by atoms with van der Waals surface area (Å²) in [5.74, 6) is -1.53. The van der Waals surface area contributed by atoms with Crippen LogP contribution in [-0.2, 0) is 25.5 Å². The summed E-state index contributed by atoms with van der Waals surface area (Å²) in [7, 11) is 0. The Kier molecular flexibility index (Phi) is 4.80. The van der Waals surface area contributed by atoms with E-state index in [2.05, 4.69) is 10.6 Å². The van der Waals surface area contributed by atoms with Crippen molar-refractivity contribution in [2.45, 2.75) is 37.9 Å². The smallest absolute Gasteiger partial charge is 0.322 e. The van der Waals surface area contributed by atoms with Gasteiger partial charge < -0.3 is 20.5 Å². The Hall–Kier alpha value is -2.41. The van der Waals surface area contributed by atoms with Gasteiger partial charge in [0.25, 0.3) is 0 Å². The van der Waals surface area contributed by atoms with E-state index in [1.54, 1.807) is 24.3 Å². The largest absolute Gasteiger partial charge is 0.480 e. The first-order valence-corrected chi connectivity index (χ1v) is 8.05. The van der Waals surface area contributed by atoms with Crippen molar-refractivity contribution < 1.29 is 24.2 Å². The molecule has 3 atom stereocenters. The lowest BCUT2D eigenvalue weighted by Gasteiger charge is -2.18. The summed E-state index contributed by atoms with van der Waals surface area (Å²) in [5.41, 5.74) is 1.43. The van der Waals surface area contributed by atoms with Crippen LogP contribution in [0.4, 0.5) is 5.69 Å². The SMILES string of the molecule is O=C(O)CNC(=O)Cc1ccc(NC(=O)C2CC3CCC2O3)cc1. The molecule has 0 spiro atoms. The normalized spacial score (nSPS) is 24.6. The van der Waals surface area contributed by atoms with Gasteiger partial charge in [0.2, 0.25) is 11.8 Å². The zero-order chi connectivity index (χ0) is 17.1. The van der Waals surface area contributed by atoms with Crippen molar-refractivity contribution in [3.63, 3.8) is 0 Å². The summed E-state index contributed by atoms with van der Waals surface area (Å²) >= 11 is 0. The maximum atomic E-state index is 12.3. The molecule has 7 heteroatoms. The third-order valence-electron chi connectivity index (χ3n) is 4.47. The van der Waals surface area contributed by atoms with Gasteiger partial charge in [-0.25, -0.2) is 0 Å². The van der Waals surface area contributed by atoms with E-state index in [-0.39, 0.29) is 36.4 Å². The van der Waals surface area contributed by atoms with Crippen molar-refractivity contribution in [1.82, 2.24) is 5.32 Å². The van der Waals surface area contributed by atoms with Crippen LogP contribution in [0.2, 0.25) is 0 Å². The molecule has 3 N–H and O–H groups in total. The molecule has 1 aromatic carbocycles. The summed E-state index contributed by atoms with van der Waals surface area (Å²) in [5, 5.41) is 13.7. The first-order chi connectivity index (χ1) is 11.5. The molecule has 2 fully saturated rings. The van der Waals surface area contributed by atoms with Crippen LogP contribution >= 0.6 is 0 Å². The molecule has 3 unspecified atom stereocenters. The van der Waals surface area contributed by atoms with Crippen LogP contribution < -0.4 is 10.6 Å². The number of carboxylic acid groups (broad SMARTS) is 1. The first kappa shape index (κ1) is 16.4. The van der Waals surface area contributed by atoms with Crippen LogP contribution in [-0.4, -0.2) is 41.6 Å².